The van der Waals surface area contributed by atoms with Crippen molar-refractivity contribution < 1.29 is 29.0 Å². The number of thioether (sulfide) groups is 1. The van der Waals surface area contributed by atoms with Gasteiger partial charge in [-0.1, -0.05) is 18.7 Å². The molecule has 2 unspecified atom stereocenters. The van der Waals surface area contributed by atoms with Crippen molar-refractivity contribution in [3.63, 3.8) is 0 Å². The van der Waals surface area contributed by atoms with Crippen molar-refractivity contribution in [1.82, 2.24) is 4.98 Å². The molecule has 0 N–H and O–H groups in total. The number of hydrogen-bond acceptors (Lipinski definition) is 9. The fourth-order valence-corrected chi connectivity index (χ4v) is 6.51. The van der Waals surface area contributed by atoms with E-state index in [9.17, 15) is 24.3 Å². The van der Waals surface area contributed by atoms with Crippen molar-refractivity contribution >= 4 is 51.9 Å². The summed E-state index contributed by atoms with van der Waals surface area (Å²) in [5.41, 5.74) is 1.00. The average Bonchev–Trinajstić information content (AvgIpc) is 3.23. The predicted octanol–water partition coefficient (Wildman–Crippen LogP) is 1.84. The number of esters is 1. The molecule has 1 fully saturated rings. The highest BCUT2D eigenvalue weighted by Crippen LogP contribution is 2.44. The first kappa shape index (κ1) is 21.5. The quantitative estimate of drug-likeness (QED) is 0.491. The SMILES string of the molecule is COC(=O)c1c(N2C(=O)CC(Sc3ncccc3C(=O)[O-])C2=O)sc2c1CCC(C)C2. The summed E-state index contributed by atoms with van der Waals surface area (Å²) in [5, 5.41) is 10.9. The number of imide groups is 1. The van der Waals surface area contributed by atoms with Crippen LogP contribution in [0.25, 0.3) is 0 Å². The van der Waals surface area contributed by atoms with E-state index < -0.39 is 29.0 Å². The molecule has 0 radical (unpaired) electrons. The van der Waals surface area contributed by atoms with E-state index in [-0.39, 0.29) is 22.6 Å². The maximum atomic E-state index is 13.2. The zero-order valence-electron chi connectivity index (χ0n) is 16.9. The number of pyridine rings is 1. The van der Waals surface area contributed by atoms with Gasteiger partial charge in [0.05, 0.1) is 23.9 Å². The Morgan fingerprint density at radius 3 is 2.81 bits per heavy atom. The van der Waals surface area contributed by atoms with Crippen molar-refractivity contribution in [2.75, 3.05) is 12.0 Å². The minimum atomic E-state index is -1.41. The van der Waals surface area contributed by atoms with Gasteiger partial charge >= 0.3 is 5.97 Å². The third kappa shape index (κ3) is 3.85. The number of carboxylic acid groups (broad SMARTS) is 1. The molecule has 1 saturated heterocycles. The topological polar surface area (TPSA) is 117 Å². The average molecular weight is 460 g/mol. The Bertz CT molecular complexity index is 1100. The number of carboxylic acids is 1. The van der Waals surface area contributed by atoms with Gasteiger partial charge in [0.15, 0.2) is 0 Å². The number of carbonyl (C=O) groups excluding carboxylic acids is 4. The first-order valence-corrected chi connectivity index (χ1v) is 11.4. The number of rotatable bonds is 5. The molecule has 2 atom stereocenters. The molecule has 2 aliphatic rings. The van der Waals surface area contributed by atoms with Gasteiger partial charge in [-0.25, -0.2) is 14.7 Å². The van der Waals surface area contributed by atoms with Gasteiger partial charge in [0.25, 0.3) is 0 Å². The van der Waals surface area contributed by atoms with Crippen LogP contribution < -0.4 is 10.0 Å². The molecule has 0 bridgehead atoms. The lowest BCUT2D eigenvalue weighted by atomic mass is 9.88. The van der Waals surface area contributed by atoms with Gasteiger partial charge < -0.3 is 14.6 Å². The normalized spacial score (nSPS) is 20.6. The molecule has 2 amide bonds. The van der Waals surface area contributed by atoms with Crippen LogP contribution in [0.1, 0.15) is 50.9 Å². The monoisotopic (exact) mass is 459 g/mol. The molecular formula is C21H19N2O6S2-. The molecule has 0 spiro atoms. The van der Waals surface area contributed by atoms with Crippen molar-refractivity contribution in [2.24, 2.45) is 5.92 Å². The second-order valence-electron chi connectivity index (χ2n) is 7.55. The molecule has 162 valence electrons. The highest BCUT2D eigenvalue weighted by Gasteiger charge is 2.44. The summed E-state index contributed by atoms with van der Waals surface area (Å²) in [7, 11) is 1.27. The fourth-order valence-electron chi connectivity index (χ4n) is 3.89. The third-order valence-electron chi connectivity index (χ3n) is 5.44. The minimum Gasteiger partial charge on any atom is -0.545 e. The molecule has 31 heavy (non-hydrogen) atoms. The molecule has 4 rings (SSSR count). The van der Waals surface area contributed by atoms with Crippen LogP contribution in [0, 0.1) is 5.92 Å². The summed E-state index contributed by atoms with van der Waals surface area (Å²) in [6, 6.07) is 2.80. The van der Waals surface area contributed by atoms with E-state index in [0.717, 1.165) is 39.9 Å². The van der Waals surface area contributed by atoms with E-state index in [4.69, 9.17) is 4.74 Å². The number of aromatic nitrogens is 1. The number of aromatic carboxylic acids is 1. The Labute approximate surface area is 186 Å². The minimum absolute atomic E-state index is 0.114. The summed E-state index contributed by atoms with van der Waals surface area (Å²) < 4.78 is 4.95. The van der Waals surface area contributed by atoms with E-state index in [0.29, 0.717) is 17.3 Å². The standard InChI is InChI=1S/C21H20N2O6S2/c1-10-5-6-11-13(8-10)31-19(16(11)21(28)29-2)23-15(24)9-14(18(23)25)30-17-12(20(26)27)4-3-7-22-17/h3-4,7,10,14H,5-6,8-9H2,1-2H3,(H,26,27)/p-1. The van der Waals surface area contributed by atoms with Crippen molar-refractivity contribution in [3.8, 4) is 0 Å². The van der Waals surface area contributed by atoms with Crippen LogP contribution in [0.4, 0.5) is 5.00 Å². The van der Waals surface area contributed by atoms with E-state index in [1.165, 1.54) is 36.8 Å². The van der Waals surface area contributed by atoms with Crippen molar-refractivity contribution in [2.45, 2.75) is 42.9 Å². The number of anilines is 1. The zero-order chi connectivity index (χ0) is 22.3. The van der Waals surface area contributed by atoms with Gasteiger partial charge in [0.1, 0.15) is 10.0 Å². The number of thiophene rings is 1. The number of ether oxygens (including phenoxy) is 1. The Morgan fingerprint density at radius 1 is 1.32 bits per heavy atom. The van der Waals surface area contributed by atoms with Crippen LogP contribution in [0.3, 0.4) is 0 Å². The Hall–Kier alpha value is -2.72. The number of fused-ring (bicyclic) bond motifs is 1. The van der Waals surface area contributed by atoms with Gasteiger partial charge in [0.2, 0.25) is 11.8 Å². The summed E-state index contributed by atoms with van der Waals surface area (Å²) in [6.07, 6.45) is 3.68. The van der Waals surface area contributed by atoms with Gasteiger partial charge in [-0.15, -0.1) is 11.3 Å². The Morgan fingerprint density at radius 2 is 2.10 bits per heavy atom. The van der Waals surface area contributed by atoms with E-state index in [1.54, 1.807) is 0 Å². The summed E-state index contributed by atoms with van der Waals surface area (Å²) >= 11 is 2.20. The molecular weight excluding hydrogens is 440 g/mol. The lowest BCUT2D eigenvalue weighted by molar-refractivity contribution is -0.255. The molecule has 3 heterocycles. The fraction of sp³-hybridized carbons (Fsp3) is 0.381. The Balaban J connectivity index is 1.69. The highest BCUT2D eigenvalue weighted by atomic mass is 32.2. The van der Waals surface area contributed by atoms with Crippen LogP contribution in [0.15, 0.2) is 23.4 Å². The molecule has 10 heteroatoms. The van der Waals surface area contributed by atoms with E-state index in [1.807, 2.05) is 0 Å². The first-order valence-electron chi connectivity index (χ1n) is 9.74. The van der Waals surface area contributed by atoms with Gasteiger partial charge in [-0.05, 0) is 42.9 Å². The van der Waals surface area contributed by atoms with E-state index >= 15 is 0 Å². The maximum Gasteiger partial charge on any atom is 0.341 e. The van der Waals surface area contributed by atoms with Crippen molar-refractivity contribution in [1.29, 1.82) is 0 Å². The van der Waals surface area contributed by atoms with E-state index in [2.05, 4.69) is 11.9 Å². The number of methoxy groups -OCH3 is 1. The number of nitrogens with zero attached hydrogens (tertiary/aromatic N) is 2. The molecule has 1 aliphatic heterocycles. The zero-order valence-corrected chi connectivity index (χ0v) is 18.5. The van der Waals surface area contributed by atoms with Gasteiger partial charge in [-0.2, -0.15) is 0 Å². The molecule has 2 aromatic rings. The van der Waals surface area contributed by atoms with Gasteiger partial charge in [-0.3, -0.25) is 9.59 Å². The largest absolute Gasteiger partial charge is 0.545 e. The molecule has 8 nitrogen and oxygen atoms in total. The molecule has 0 saturated carbocycles. The molecule has 0 aromatic carbocycles. The van der Waals surface area contributed by atoms with Gasteiger partial charge in [0, 0.05) is 23.1 Å². The summed E-state index contributed by atoms with van der Waals surface area (Å²) in [6.45, 7) is 2.13. The van der Waals surface area contributed by atoms with Crippen LogP contribution in [0.5, 0.6) is 0 Å². The first-order chi connectivity index (χ1) is 14.8. The molecule has 1 aliphatic carbocycles. The molecule has 2 aromatic heterocycles. The van der Waals surface area contributed by atoms with Crippen LogP contribution in [-0.4, -0.2) is 41.1 Å². The number of amides is 2. The van der Waals surface area contributed by atoms with Crippen LogP contribution in [-0.2, 0) is 27.2 Å². The maximum absolute atomic E-state index is 13.2. The van der Waals surface area contributed by atoms with Crippen LogP contribution in [0.2, 0.25) is 0 Å². The summed E-state index contributed by atoms with van der Waals surface area (Å²) in [5.74, 6) is -2.46. The van der Waals surface area contributed by atoms with Crippen LogP contribution >= 0.6 is 23.1 Å². The lowest BCUT2D eigenvalue weighted by Gasteiger charge is -2.18. The highest BCUT2D eigenvalue weighted by molar-refractivity contribution is 8.00. The third-order valence-corrected chi connectivity index (χ3v) is 7.88. The predicted molar refractivity (Wildman–Crippen MR) is 112 cm³/mol. The lowest BCUT2D eigenvalue weighted by Crippen LogP contribution is -2.32. The second-order valence-corrected chi connectivity index (χ2v) is 9.82. The number of carbonyl (C=O) groups is 4. The van der Waals surface area contributed by atoms with Crippen molar-refractivity contribution in [3.05, 3.63) is 39.9 Å². The summed E-state index contributed by atoms with van der Waals surface area (Å²) in [4.78, 5) is 56.0. The second kappa shape index (κ2) is 8.43. The smallest absolute Gasteiger partial charge is 0.341 e. The Kier molecular flexibility index (Phi) is 5.85. The number of hydrogen-bond donors (Lipinski definition) is 0.